The SMILES string of the molecule is C=CC(=O)C(CC)[Si](OCCC)(OCCC)OCCC. The Hall–Kier alpha value is -0.493. The molecule has 0 N–H and O–H groups in total. The molecule has 0 aromatic rings. The molecule has 1 unspecified atom stereocenters. The molecular formula is C15H30O4Si. The zero-order valence-electron chi connectivity index (χ0n) is 13.4. The third-order valence-corrected chi connectivity index (χ3v) is 6.27. The Morgan fingerprint density at radius 3 is 1.65 bits per heavy atom. The lowest BCUT2D eigenvalue weighted by Crippen LogP contribution is -2.53. The second-order valence-electron chi connectivity index (χ2n) is 4.72. The molecule has 0 aromatic carbocycles. The fourth-order valence-electron chi connectivity index (χ4n) is 1.93. The summed E-state index contributed by atoms with van der Waals surface area (Å²) in [6.45, 7) is 13.3. The lowest BCUT2D eigenvalue weighted by Gasteiger charge is -2.34. The van der Waals surface area contributed by atoms with E-state index < -0.39 is 8.80 Å². The Morgan fingerprint density at radius 2 is 1.40 bits per heavy atom. The standard InChI is InChI=1S/C15H30O4Si/c1-6-11-17-20(18-12-7-2,19-13-8-3)15(10-5)14(16)9-4/h9,15H,4,6-8,10-13H2,1-3,5H3. The molecule has 0 aromatic heterocycles. The summed E-state index contributed by atoms with van der Waals surface area (Å²) in [4.78, 5) is 12.2. The van der Waals surface area contributed by atoms with Gasteiger partial charge < -0.3 is 13.3 Å². The number of hydrogen-bond acceptors (Lipinski definition) is 4. The summed E-state index contributed by atoms with van der Waals surface area (Å²) in [5.74, 6) is -0.0394. The normalized spacial score (nSPS) is 13.2. The van der Waals surface area contributed by atoms with Gasteiger partial charge in [-0.2, -0.15) is 0 Å². The molecule has 20 heavy (non-hydrogen) atoms. The quantitative estimate of drug-likeness (QED) is 0.384. The first-order chi connectivity index (χ1) is 9.61. The van der Waals surface area contributed by atoms with Crippen LogP contribution in [0.3, 0.4) is 0 Å². The molecule has 0 spiro atoms. The predicted molar refractivity (Wildman–Crippen MR) is 83.7 cm³/mol. The minimum Gasteiger partial charge on any atom is -0.373 e. The van der Waals surface area contributed by atoms with Gasteiger partial charge in [-0.3, -0.25) is 4.79 Å². The molecule has 5 heteroatoms. The lowest BCUT2D eigenvalue weighted by molar-refractivity contribution is -0.116. The number of ketones is 1. The third kappa shape index (κ3) is 5.87. The van der Waals surface area contributed by atoms with Crippen molar-refractivity contribution in [3.05, 3.63) is 12.7 Å². The van der Waals surface area contributed by atoms with Crippen molar-refractivity contribution in [1.82, 2.24) is 0 Å². The molecule has 118 valence electrons. The minimum absolute atomic E-state index is 0.0394. The van der Waals surface area contributed by atoms with Crippen LogP contribution in [0.5, 0.6) is 0 Å². The van der Waals surface area contributed by atoms with Crippen LogP contribution in [0.25, 0.3) is 0 Å². The van der Waals surface area contributed by atoms with Crippen LogP contribution in [0, 0.1) is 0 Å². The molecule has 0 rings (SSSR count). The maximum Gasteiger partial charge on any atom is 0.512 e. The summed E-state index contributed by atoms with van der Waals surface area (Å²) < 4.78 is 18.0. The molecule has 0 saturated carbocycles. The molecule has 0 radical (unpaired) electrons. The van der Waals surface area contributed by atoms with Crippen LogP contribution in [-0.2, 0) is 18.1 Å². The summed E-state index contributed by atoms with van der Waals surface area (Å²) in [7, 11) is -2.99. The molecule has 4 nitrogen and oxygen atoms in total. The van der Waals surface area contributed by atoms with E-state index in [9.17, 15) is 4.79 Å². The van der Waals surface area contributed by atoms with Gasteiger partial charge in [0.05, 0.1) is 5.54 Å². The van der Waals surface area contributed by atoms with E-state index in [1.165, 1.54) is 6.08 Å². The van der Waals surface area contributed by atoms with Gasteiger partial charge >= 0.3 is 8.80 Å². The van der Waals surface area contributed by atoms with Gasteiger partial charge in [0.25, 0.3) is 0 Å². The minimum atomic E-state index is -2.99. The monoisotopic (exact) mass is 302 g/mol. The van der Waals surface area contributed by atoms with Crippen molar-refractivity contribution in [2.24, 2.45) is 0 Å². The fourth-order valence-corrected chi connectivity index (χ4v) is 5.21. The van der Waals surface area contributed by atoms with Crippen LogP contribution in [0.15, 0.2) is 12.7 Å². The summed E-state index contributed by atoms with van der Waals surface area (Å²) >= 11 is 0. The number of carbonyl (C=O) groups excluding carboxylic acids is 1. The van der Waals surface area contributed by atoms with Crippen LogP contribution < -0.4 is 0 Å². The van der Waals surface area contributed by atoms with Gasteiger partial charge in [-0.25, -0.2) is 0 Å². The molecule has 1 atom stereocenters. The van der Waals surface area contributed by atoms with Gasteiger partial charge in [0.15, 0.2) is 5.78 Å². The second-order valence-corrected chi connectivity index (χ2v) is 7.49. The van der Waals surface area contributed by atoms with Gasteiger partial charge in [0, 0.05) is 19.8 Å². The highest BCUT2D eigenvalue weighted by Gasteiger charge is 2.51. The first kappa shape index (κ1) is 19.5. The van der Waals surface area contributed by atoms with Gasteiger partial charge in [-0.1, -0.05) is 34.3 Å². The topological polar surface area (TPSA) is 44.8 Å². The average molecular weight is 302 g/mol. The van der Waals surface area contributed by atoms with E-state index in [1.54, 1.807) is 0 Å². The molecule has 0 saturated heterocycles. The second kappa shape index (κ2) is 11.2. The Balaban J connectivity index is 5.26. The molecule has 0 amide bonds. The van der Waals surface area contributed by atoms with Crippen molar-refractivity contribution in [1.29, 1.82) is 0 Å². The van der Waals surface area contributed by atoms with Crippen LogP contribution in [0.4, 0.5) is 0 Å². The van der Waals surface area contributed by atoms with E-state index >= 15 is 0 Å². The zero-order chi connectivity index (χ0) is 15.4. The maximum absolute atomic E-state index is 12.2. The Labute approximate surface area is 124 Å². The van der Waals surface area contributed by atoms with Gasteiger partial charge in [0.2, 0.25) is 0 Å². The Morgan fingerprint density at radius 1 is 1.00 bits per heavy atom. The van der Waals surface area contributed by atoms with E-state index in [-0.39, 0.29) is 11.3 Å². The fraction of sp³-hybridized carbons (Fsp3) is 0.800. The molecule has 0 fully saturated rings. The highest BCUT2D eigenvalue weighted by molar-refractivity contribution is 6.67. The highest BCUT2D eigenvalue weighted by Crippen LogP contribution is 2.31. The number of carbonyl (C=O) groups is 1. The van der Waals surface area contributed by atoms with Crippen LogP contribution in [-0.4, -0.2) is 34.4 Å². The van der Waals surface area contributed by atoms with E-state index in [1.807, 2.05) is 27.7 Å². The molecule has 0 bridgehead atoms. The molecular weight excluding hydrogens is 272 g/mol. The maximum atomic E-state index is 12.2. The Kier molecular flexibility index (Phi) is 10.9. The zero-order valence-corrected chi connectivity index (χ0v) is 14.4. The number of allylic oxidation sites excluding steroid dienone is 1. The van der Waals surface area contributed by atoms with E-state index in [0.717, 1.165) is 19.3 Å². The van der Waals surface area contributed by atoms with Gasteiger partial charge in [-0.15, -0.1) is 0 Å². The third-order valence-electron chi connectivity index (χ3n) is 2.90. The summed E-state index contributed by atoms with van der Waals surface area (Å²) in [5, 5.41) is 0. The van der Waals surface area contributed by atoms with E-state index in [2.05, 4.69) is 6.58 Å². The molecule has 0 aliphatic carbocycles. The van der Waals surface area contributed by atoms with Crippen molar-refractivity contribution in [3.63, 3.8) is 0 Å². The molecule has 0 heterocycles. The van der Waals surface area contributed by atoms with E-state index in [0.29, 0.717) is 26.2 Å². The Bertz CT molecular complexity index is 259. The average Bonchev–Trinajstić information content (AvgIpc) is 2.48. The lowest BCUT2D eigenvalue weighted by atomic mass is 10.2. The first-order valence-corrected chi connectivity index (χ1v) is 9.50. The van der Waals surface area contributed by atoms with E-state index in [4.69, 9.17) is 13.3 Å². The smallest absolute Gasteiger partial charge is 0.373 e. The van der Waals surface area contributed by atoms with Gasteiger partial charge in [-0.05, 0) is 31.8 Å². The number of rotatable bonds is 13. The number of hydrogen-bond donors (Lipinski definition) is 0. The summed E-state index contributed by atoms with van der Waals surface area (Å²) in [6.07, 6.45) is 4.62. The van der Waals surface area contributed by atoms with Crippen LogP contribution in [0.2, 0.25) is 5.54 Å². The predicted octanol–water partition coefficient (Wildman–Crippen LogP) is 3.74. The summed E-state index contributed by atoms with van der Waals surface area (Å²) in [5.41, 5.74) is -0.343. The van der Waals surface area contributed by atoms with Crippen molar-refractivity contribution < 1.29 is 18.1 Å². The van der Waals surface area contributed by atoms with Crippen molar-refractivity contribution >= 4 is 14.6 Å². The van der Waals surface area contributed by atoms with Gasteiger partial charge in [0.1, 0.15) is 0 Å². The van der Waals surface area contributed by atoms with Crippen molar-refractivity contribution in [2.45, 2.75) is 58.9 Å². The van der Waals surface area contributed by atoms with Crippen LogP contribution in [0.1, 0.15) is 53.4 Å². The molecule has 0 aliphatic rings. The van der Waals surface area contributed by atoms with Crippen molar-refractivity contribution in [3.8, 4) is 0 Å². The molecule has 0 aliphatic heterocycles. The highest BCUT2D eigenvalue weighted by atomic mass is 28.4. The first-order valence-electron chi connectivity index (χ1n) is 7.69. The largest absolute Gasteiger partial charge is 0.512 e. The summed E-state index contributed by atoms with van der Waals surface area (Å²) in [6, 6.07) is 0. The van der Waals surface area contributed by atoms with Crippen molar-refractivity contribution in [2.75, 3.05) is 19.8 Å². The van der Waals surface area contributed by atoms with Crippen LogP contribution >= 0.6 is 0 Å².